The quantitative estimate of drug-likeness (QED) is 0.404. The van der Waals surface area contributed by atoms with Gasteiger partial charge in [-0.25, -0.2) is 4.79 Å². The van der Waals surface area contributed by atoms with Crippen molar-refractivity contribution in [3.63, 3.8) is 0 Å². The minimum Gasteiger partial charge on any atom is -0.497 e. The van der Waals surface area contributed by atoms with Gasteiger partial charge in [-0.2, -0.15) is 0 Å². The highest BCUT2D eigenvalue weighted by molar-refractivity contribution is 9.10. The molecule has 0 bridgehead atoms. The van der Waals surface area contributed by atoms with Crippen molar-refractivity contribution < 1.29 is 23.8 Å². The third-order valence-electron chi connectivity index (χ3n) is 3.74. The number of hydrogen-bond donors (Lipinski definition) is 0. The second-order valence-corrected chi connectivity index (χ2v) is 7.45. The number of nitrogens with zero attached hydrogens (tertiary/aromatic N) is 1. The van der Waals surface area contributed by atoms with Gasteiger partial charge in [-0.15, -0.1) is 0 Å². The molecule has 3 rings (SSSR count). The van der Waals surface area contributed by atoms with Crippen molar-refractivity contribution in [3.05, 3.63) is 40.4 Å². The van der Waals surface area contributed by atoms with E-state index in [0.29, 0.717) is 5.70 Å². The molecule has 2 atom stereocenters. The summed E-state index contributed by atoms with van der Waals surface area (Å²) >= 11 is 4.79. The summed E-state index contributed by atoms with van der Waals surface area (Å²) in [5.74, 6) is 0.0929. The number of hydrogen-bond acceptors (Lipinski definition) is 6. The molecule has 1 saturated heterocycles. The Labute approximate surface area is 152 Å². The van der Waals surface area contributed by atoms with Gasteiger partial charge in [0.25, 0.3) is 0 Å². The van der Waals surface area contributed by atoms with Crippen LogP contribution in [0.1, 0.15) is 5.56 Å². The Morgan fingerprint density at radius 1 is 1.25 bits per heavy atom. The highest BCUT2D eigenvalue weighted by atomic mass is 79.9. The average molecular weight is 414 g/mol. The van der Waals surface area contributed by atoms with Gasteiger partial charge >= 0.3 is 5.97 Å². The van der Waals surface area contributed by atoms with E-state index in [9.17, 15) is 9.59 Å². The number of amides is 1. The third kappa shape index (κ3) is 3.05. The lowest BCUT2D eigenvalue weighted by Gasteiger charge is -2.39. The first-order chi connectivity index (χ1) is 11.6. The van der Waals surface area contributed by atoms with E-state index in [2.05, 4.69) is 15.9 Å². The molecule has 0 N–H and O–H groups in total. The highest BCUT2D eigenvalue weighted by Gasteiger charge is 2.55. The van der Waals surface area contributed by atoms with E-state index in [0.717, 1.165) is 16.2 Å². The standard InChI is InChI=1S/C16H16BrNO5S/c1-21-8-11-13(18-14(19)12(17)15(18)24-11)16(20)23-7-9-3-5-10(22-2)6-4-9/h3-6,12,15H,7-8H2,1-2H3/t12-,15+/m0/s1. The number of esters is 1. The van der Waals surface area contributed by atoms with E-state index in [4.69, 9.17) is 14.2 Å². The number of benzene rings is 1. The molecule has 0 spiro atoms. The summed E-state index contributed by atoms with van der Waals surface area (Å²) in [6, 6.07) is 7.25. The smallest absolute Gasteiger partial charge is 0.356 e. The molecule has 6 nitrogen and oxygen atoms in total. The van der Waals surface area contributed by atoms with Crippen LogP contribution in [0.2, 0.25) is 0 Å². The van der Waals surface area contributed by atoms with Crippen molar-refractivity contribution in [2.24, 2.45) is 0 Å². The van der Waals surface area contributed by atoms with E-state index in [-0.39, 0.29) is 29.3 Å². The number of carbonyl (C=O) groups is 2. The first-order valence-corrected chi connectivity index (χ1v) is 9.02. The fourth-order valence-corrected chi connectivity index (χ4v) is 4.60. The van der Waals surface area contributed by atoms with Crippen molar-refractivity contribution in [1.29, 1.82) is 0 Å². The van der Waals surface area contributed by atoms with Crippen molar-refractivity contribution >= 4 is 39.6 Å². The number of methoxy groups -OCH3 is 2. The molecular weight excluding hydrogens is 398 g/mol. The molecule has 0 aliphatic carbocycles. The van der Waals surface area contributed by atoms with Gasteiger partial charge in [0.1, 0.15) is 28.3 Å². The zero-order valence-electron chi connectivity index (χ0n) is 13.2. The van der Waals surface area contributed by atoms with E-state index in [1.807, 2.05) is 12.1 Å². The normalized spacial score (nSPS) is 22.3. The van der Waals surface area contributed by atoms with Crippen LogP contribution in [0.3, 0.4) is 0 Å². The van der Waals surface area contributed by atoms with Gasteiger partial charge < -0.3 is 14.2 Å². The number of fused-ring (bicyclic) bond motifs is 1. The molecule has 2 aliphatic rings. The number of β-lactam (4-membered cyclic amide) rings is 1. The van der Waals surface area contributed by atoms with Crippen LogP contribution in [-0.2, 0) is 25.7 Å². The van der Waals surface area contributed by atoms with Crippen LogP contribution in [0, 0.1) is 0 Å². The Hall–Kier alpha value is -1.51. The number of halogens is 1. The molecule has 2 heterocycles. The topological polar surface area (TPSA) is 65.1 Å². The Morgan fingerprint density at radius 3 is 2.58 bits per heavy atom. The number of ether oxygens (including phenoxy) is 3. The van der Waals surface area contributed by atoms with Gasteiger partial charge in [0.15, 0.2) is 0 Å². The number of carbonyl (C=O) groups excluding carboxylic acids is 2. The highest BCUT2D eigenvalue weighted by Crippen LogP contribution is 2.49. The first kappa shape index (κ1) is 17.3. The van der Waals surface area contributed by atoms with Crippen molar-refractivity contribution in [2.45, 2.75) is 16.8 Å². The maximum absolute atomic E-state index is 12.5. The first-order valence-electron chi connectivity index (χ1n) is 7.22. The fraction of sp³-hybridized carbons (Fsp3) is 0.375. The summed E-state index contributed by atoms with van der Waals surface area (Å²) in [4.78, 5) is 26.4. The summed E-state index contributed by atoms with van der Waals surface area (Å²) in [5.41, 5.74) is 1.13. The van der Waals surface area contributed by atoms with Gasteiger partial charge in [0.2, 0.25) is 5.91 Å². The Kier molecular flexibility index (Phi) is 5.17. The summed E-state index contributed by atoms with van der Waals surface area (Å²) < 4.78 is 15.6. The van der Waals surface area contributed by atoms with Crippen molar-refractivity contribution in [1.82, 2.24) is 4.90 Å². The van der Waals surface area contributed by atoms with Gasteiger partial charge in [-0.3, -0.25) is 9.69 Å². The van der Waals surface area contributed by atoms with Gasteiger partial charge in [-0.05, 0) is 17.7 Å². The molecule has 0 unspecified atom stereocenters. The number of thioether (sulfide) groups is 1. The van der Waals surface area contributed by atoms with Crippen LogP contribution < -0.4 is 4.74 Å². The molecule has 0 saturated carbocycles. The molecular formula is C16H16BrNO5S. The number of alkyl halides is 1. The second kappa shape index (κ2) is 7.16. The summed E-state index contributed by atoms with van der Waals surface area (Å²) in [6.07, 6.45) is 0. The van der Waals surface area contributed by atoms with Crippen LogP contribution in [0.25, 0.3) is 0 Å². The lowest BCUT2D eigenvalue weighted by molar-refractivity contribution is -0.148. The van der Waals surface area contributed by atoms with Crippen LogP contribution >= 0.6 is 27.7 Å². The molecule has 8 heteroatoms. The molecule has 128 valence electrons. The molecule has 24 heavy (non-hydrogen) atoms. The summed E-state index contributed by atoms with van der Waals surface area (Å²) in [7, 11) is 3.14. The molecule has 1 aromatic rings. The summed E-state index contributed by atoms with van der Waals surface area (Å²) in [5, 5.41) is -0.105. The summed E-state index contributed by atoms with van der Waals surface area (Å²) in [6.45, 7) is 0.402. The van der Waals surface area contributed by atoms with E-state index >= 15 is 0 Å². The Bertz CT molecular complexity index is 690. The van der Waals surface area contributed by atoms with E-state index in [1.165, 1.54) is 16.7 Å². The molecule has 1 fully saturated rings. The van der Waals surface area contributed by atoms with Gasteiger partial charge in [0.05, 0.1) is 13.7 Å². The van der Waals surface area contributed by atoms with Crippen LogP contribution in [0.5, 0.6) is 5.75 Å². The van der Waals surface area contributed by atoms with Crippen molar-refractivity contribution in [3.8, 4) is 5.75 Å². The van der Waals surface area contributed by atoms with Crippen LogP contribution in [-0.4, -0.2) is 47.8 Å². The predicted octanol–water partition coefficient (Wildman–Crippen LogP) is 2.28. The molecule has 2 aliphatic heterocycles. The molecule has 1 amide bonds. The minimum absolute atomic E-state index is 0.105. The molecule has 0 aromatic heterocycles. The molecule has 0 radical (unpaired) electrons. The van der Waals surface area contributed by atoms with Gasteiger partial charge in [-0.1, -0.05) is 39.8 Å². The maximum Gasteiger partial charge on any atom is 0.356 e. The maximum atomic E-state index is 12.5. The Morgan fingerprint density at radius 2 is 1.96 bits per heavy atom. The lowest BCUT2D eigenvalue weighted by Crippen LogP contribution is -2.58. The fourth-order valence-electron chi connectivity index (χ4n) is 2.50. The van der Waals surface area contributed by atoms with Gasteiger partial charge in [0, 0.05) is 12.0 Å². The van der Waals surface area contributed by atoms with Crippen LogP contribution in [0.4, 0.5) is 0 Å². The largest absolute Gasteiger partial charge is 0.497 e. The second-order valence-electron chi connectivity index (χ2n) is 5.25. The molecule has 1 aromatic carbocycles. The third-order valence-corrected chi connectivity index (χ3v) is 6.31. The van der Waals surface area contributed by atoms with Crippen LogP contribution in [0.15, 0.2) is 34.9 Å². The average Bonchev–Trinajstić information content (AvgIpc) is 2.96. The zero-order valence-corrected chi connectivity index (χ0v) is 15.6. The van der Waals surface area contributed by atoms with E-state index in [1.54, 1.807) is 26.4 Å². The monoisotopic (exact) mass is 413 g/mol. The lowest BCUT2D eigenvalue weighted by atomic mass is 10.1. The zero-order chi connectivity index (χ0) is 17.3. The predicted molar refractivity (Wildman–Crippen MR) is 92.6 cm³/mol. The SMILES string of the molecule is COCC1=C(C(=O)OCc2ccc(OC)cc2)N2C(=O)[C@H](Br)[C@H]2S1. The Balaban J connectivity index is 1.70. The van der Waals surface area contributed by atoms with Crippen molar-refractivity contribution in [2.75, 3.05) is 20.8 Å². The van der Waals surface area contributed by atoms with E-state index < -0.39 is 5.97 Å². The number of rotatable bonds is 6. The minimum atomic E-state index is -0.513.